The number of halogens is 1. The van der Waals surface area contributed by atoms with E-state index in [0.29, 0.717) is 5.71 Å². The number of benzene rings is 3. The zero-order chi connectivity index (χ0) is 23.1. The summed E-state index contributed by atoms with van der Waals surface area (Å²) in [5, 5.41) is 4.17. The number of rotatable bonds is 8. The second kappa shape index (κ2) is 10.7. The Bertz CT molecular complexity index is 1190. The van der Waals surface area contributed by atoms with Crippen molar-refractivity contribution in [3.63, 3.8) is 0 Å². The van der Waals surface area contributed by atoms with E-state index in [1.54, 1.807) is 19.1 Å². The number of nitrogens with zero attached hydrogens (tertiary/aromatic N) is 1. The number of carbonyl (C=O) groups is 1. The van der Waals surface area contributed by atoms with Gasteiger partial charge in [0.1, 0.15) is 6.04 Å². The molecule has 1 atom stereocenters. The summed E-state index contributed by atoms with van der Waals surface area (Å²) in [6, 6.07) is 22.2. The first-order valence-corrected chi connectivity index (χ1v) is 12.3. The van der Waals surface area contributed by atoms with Crippen LogP contribution in [0.5, 0.6) is 0 Å². The number of nitrogens with one attached hydrogen (secondary N) is 2. The van der Waals surface area contributed by atoms with Gasteiger partial charge >= 0.3 is 0 Å². The summed E-state index contributed by atoms with van der Waals surface area (Å²) < 4.78 is 29.3. The van der Waals surface area contributed by atoms with Gasteiger partial charge in [-0.15, -0.1) is 0 Å². The smallest absolute Gasteiger partial charge is 0.258 e. The molecule has 1 amide bonds. The lowest BCUT2D eigenvalue weighted by atomic mass is 10.1. The summed E-state index contributed by atoms with van der Waals surface area (Å²) in [6.07, 6.45) is 0.185. The van der Waals surface area contributed by atoms with Gasteiger partial charge in [0.25, 0.3) is 5.91 Å². The van der Waals surface area contributed by atoms with Gasteiger partial charge in [-0.2, -0.15) is 9.82 Å². The summed E-state index contributed by atoms with van der Waals surface area (Å²) in [5.74, 6) is -0.541. The first-order chi connectivity index (χ1) is 15.2. The van der Waals surface area contributed by atoms with Crippen molar-refractivity contribution in [2.75, 3.05) is 0 Å². The Morgan fingerprint density at radius 3 is 2.22 bits per heavy atom. The van der Waals surface area contributed by atoms with Crippen LogP contribution in [0.3, 0.4) is 0 Å². The number of sulfonamides is 1. The molecule has 0 bridgehead atoms. The maximum Gasteiger partial charge on any atom is 0.258 e. The Morgan fingerprint density at radius 2 is 1.59 bits per heavy atom. The van der Waals surface area contributed by atoms with E-state index in [9.17, 15) is 13.2 Å². The molecule has 0 saturated carbocycles. The fraction of sp³-hybridized carbons (Fsp3) is 0.167. The van der Waals surface area contributed by atoms with Crippen molar-refractivity contribution in [3.05, 3.63) is 100 Å². The molecule has 3 aromatic carbocycles. The fourth-order valence-electron chi connectivity index (χ4n) is 2.98. The van der Waals surface area contributed by atoms with Crippen LogP contribution in [0.1, 0.15) is 23.6 Å². The van der Waals surface area contributed by atoms with Crippen LogP contribution in [0.25, 0.3) is 0 Å². The van der Waals surface area contributed by atoms with Crippen molar-refractivity contribution in [1.29, 1.82) is 0 Å². The Morgan fingerprint density at radius 1 is 0.969 bits per heavy atom. The van der Waals surface area contributed by atoms with Gasteiger partial charge in [0, 0.05) is 4.47 Å². The number of aryl methyl sites for hydroxylation is 1. The van der Waals surface area contributed by atoms with Crippen LogP contribution in [0.2, 0.25) is 0 Å². The van der Waals surface area contributed by atoms with Gasteiger partial charge in [0.2, 0.25) is 10.0 Å². The van der Waals surface area contributed by atoms with Gasteiger partial charge in [-0.3, -0.25) is 4.79 Å². The quantitative estimate of drug-likeness (QED) is 0.349. The van der Waals surface area contributed by atoms with Crippen LogP contribution in [0.4, 0.5) is 0 Å². The molecule has 1 unspecified atom stereocenters. The van der Waals surface area contributed by atoms with Crippen molar-refractivity contribution in [1.82, 2.24) is 10.1 Å². The molecule has 0 radical (unpaired) electrons. The molecule has 0 aromatic heterocycles. The van der Waals surface area contributed by atoms with Gasteiger partial charge < -0.3 is 0 Å². The van der Waals surface area contributed by atoms with Gasteiger partial charge in [-0.1, -0.05) is 76.1 Å². The maximum absolute atomic E-state index is 12.9. The van der Waals surface area contributed by atoms with Crippen LogP contribution in [-0.4, -0.2) is 26.1 Å². The van der Waals surface area contributed by atoms with E-state index >= 15 is 0 Å². The first kappa shape index (κ1) is 23.8. The van der Waals surface area contributed by atoms with Crippen LogP contribution in [0.15, 0.2) is 93.3 Å². The van der Waals surface area contributed by atoms with Crippen molar-refractivity contribution >= 4 is 37.6 Å². The molecule has 0 spiro atoms. The van der Waals surface area contributed by atoms with Crippen molar-refractivity contribution in [2.24, 2.45) is 5.10 Å². The molecule has 0 aliphatic heterocycles. The van der Waals surface area contributed by atoms with E-state index < -0.39 is 22.0 Å². The molecular weight excluding hydrogens is 490 g/mol. The highest BCUT2D eigenvalue weighted by molar-refractivity contribution is 9.10. The summed E-state index contributed by atoms with van der Waals surface area (Å²) in [7, 11) is -3.90. The summed E-state index contributed by atoms with van der Waals surface area (Å²) in [6.45, 7) is 3.65. The van der Waals surface area contributed by atoms with Gasteiger partial charge in [-0.25, -0.2) is 13.8 Å². The van der Waals surface area contributed by atoms with Crippen LogP contribution < -0.4 is 10.1 Å². The third-order valence-electron chi connectivity index (χ3n) is 4.82. The molecule has 0 aliphatic rings. The zero-order valence-corrected chi connectivity index (χ0v) is 20.2. The van der Waals surface area contributed by atoms with Gasteiger partial charge in [0.15, 0.2) is 0 Å². The molecule has 6 nitrogen and oxygen atoms in total. The molecule has 0 heterocycles. The number of amides is 1. The number of hydrogen-bond acceptors (Lipinski definition) is 4. The molecule has 0 aliphatic carbocycles. The van der Waals surface area contributed by atoms with Crippen molar-refractivity contribution in [3.8, 4) is 0 Å². The third kappa shape index (κ3) is 6.59. The van der Waals surface area contributed by atoms with E-state index in [2.05, 4.69) is 31.2 Å². The lowest BCUT2D eigenvalue weighted by Crippen LogP contribution is -2.46. The zero-order valence-electron chi connectivity index (χ0n) is 17.7. The average molecular weight is 514 g/mol. The molecule has 32 heavy (non-hydrogen) atoms. The average Bonchev–Trinajstić information content (AvgIpc) is 2.78. The SMILES string of the molecule is C/C(=N\NC(=O)C(Cc1ccccc1)NS(=O)(=O)c1ccc(C)cc1)c1ccc(Br)cc1. The molecule has 8 heteroatoms. The number of hydrogen-bond donors (Lipinski definition) is 2. The minimum atomic E-state index is -3.90. The van der Waals surface area contributed by atoms with E-state index in [1.807, 2.05) is 61.5 Å². The second-order valence-corrected chi connectivity index (χ2v) is 9.99. The fourth-order valence-corrected chi connectivity index (χ4v) is 4.44. The monoisotopic (exact) mass is 513 g/mol. The van der Waals surface area contributed by atoms with Crippen molar-refractivity contribution in [2.45, 2.75) is 31.2 Å². The minimum absolute atomic E-state index is 0.100. The lowest BCUT2D eigenvalue weighted by Gasteiger charge is -2.18. The van der Waals surface area contributed by atoms with Gasteiger partial charge in [-0.05, 0) is 55.7 Å². The standard InChI is InChI=1S/C24H24BrN3O3S/c1-17-8-14-22(15-9-17)32(30,31)28-23(16-19-6-4-3-5-7-19)24(29)27-26-18(2)20-10-12-21(25)13-11-20/h3-15,23,28H,16H2,1-2H3,(H,27,29)/b26-18+. The number of hydrazone groups is 1. The summed E-state index contributed by atoms with van der Waals surface area (Å²) >= 11 is 3.38. The Hall–Kier alpha value is -2.81. The van der Waals surface area contributed by atoms with Crippen molar-refractivity contribution < 1.29 is 13.2 Å². The highest BCUT2D eigenvalue weighted by Gasteiger charge is 2.26. The molecule has 3 rings (SSSR count). The lowest BCUT2D eigenvalue weighted by molar-refractivity contribution is -0.122. The van der Waals surface area contributed by atoms with Gasteiger partial charge in [0.05, 0.1) is 10.6 Å². The Balaban J connectivity index is 1.81. The molecule has 3 aromatic rings. The summed E-state index contributed by atoms with van der Waals surface area (Å²) in [4.78, 5) is 13.0. The highest BCUT2D eigenvalue weighted by Crippen LogP contribution is 2.13. The predicted octanol–water partition coefficient (Wildman–Crippen LogP) is 4.19. The van der Waals surface area contributed by atoms with Crippen LogP contribution >= 0.6 is 15.9 Å². The molecular formula is C24H24BrN3O3S. The maximum atomic E-state index is 12.9. The topological polar surface area (TPSA) is 87.6 Å². The van der Waals surface area contributed by atoms with Crippen LogP contribution in [0, 0.1) is 6.92 Å². The molecule has 166 valence electrons. The van der Waals surface area contributed by atoms with E-state index in [1.165, 1.54) is 12.1 Å². The highest BCUT2D eigenvalue weighted by atomic mass is 79.9. The largest absolute Gasteiger partial charge is 0.271 e. The Labute approximate surface area is 196 Å². The second-order valence-electron chi connectivity index (χ2n) is 7.36. The minimum Gasteiger partial charge on any atom is -0.271 e. The van der Waals surface area contributed by atoms with E-state index in [-0.39, 0.29) is 11.3 Å². The summed E-state index contributed by atoms with van der Waals surface area (Å²) in [5.41, 5.74) is 5.72. The molecule has 2 N–H and O–H groups in total. The van der Waals surface area contributed by atoms with E-state index in [4.69, 9.17) is 0 Å². The van der Waals surface area contributed by atoms with E-state index in [0.717, 1.165) is 21.2 Å². The van der Waals surface area contributed by atoms with Crippen LogP contribution in [-0.2, 0) is 21.2 Å². The molecule has 0 saturated heterocycles. The number of carbonyl (C=O) groups excluding carboxylic acids is 1. The predicted molar refractivity (Wildman–Crippen MR) is 130 cm³/mol. The first-order valence-electron chi connectivity index (χ1n) is 9.97. The molecule has 0 fully saturated rings. The third-order valence-corrected chi connectivity index (χ3v) is 6.84. The Kier molecular flexibility index (Phi) is 7.95. The normalized spacial score (nSPS) is 12.9.